The molecule has 15 heavy (non-hydrogen) atoms. The first-order valence-corrected chi connectivity index (χ1v) is 7.29. The number of rotatable bonds is 3. The van der Waals surface area contributed by atoms with Gasteiger partial charge in [0.1, 0.15) is 0 Å². The predicted octanol–water partition coefficient (Wildman–Crippen LogP) is 2.11. The summed E-state index contributed by atoms with van der Waals surface area (Å²) in [4.78, 5) is 0. The summed E-state index contributed by atoms with van der Waals surface area (Å²) in [5, 5.41) is 3.54. The van der Waals surface area contributed by atoms with E-state index in [1.165, 1.54) is 37.8 Å². The Morgan fingerprint density at radius 3 is 2.33 bits per heavy atom. The number of hydrogen-bond donors (Lipinski definition) is 1. The van der Waals surface area contributed by atoms with Gasteiger partial charge in [-0.05, 0) is 0 Å². The van der Waals surface area contributed by atoms with Crippen LogP contribution in [0, 0.1) is 0 Å². The fourth-order valence-corrected chi connectivity index (χ4v) is 2.67. The second-order valence-corrected chi connectivity index (χ2v) is 5.58. The molecule has 0 radical (unpaired) electrons. The van der Waals surface area contributed by atoms with Gasteiger partial charge >= 0.3 is 97.2 Å². The molecule has 80 valence electrons. The molecule has 0 bridgehead atoms. The van der Waals surface area contributed by atoms with E-state index >= 15 is 0 Å². The van der Waals surface area contributed by atoms with Crippen LogP contribution in [0.25, 0.3) is 0 Å². The van der Waals surface area contributed by atoms with Gasteiger partial charge in [0.2, 0.25) is 0 Å². The SMILES string of the molecule is O=[As]c1ccc(NC2CCCCC2)cc1. The van der Waals surface area contributed by atoms with Gasteiger partial charge in [0.05, 0.1) is 0 Å². The summed E-state index contributed by atoms with van der Waals surface area (Å²) in [5.41, 5.74) is 1.17. The Labute approximate surface area is 97.4 Å². The first-order chi connectivity index (χ1) is 7.38. The van der Waals surface area contributed by atoms with Crippen molar-refractivity contribution in [3.05, 3.63) is 24.3 Å². The maximum absolute atomic E-state index is 10.7. The van der Waals surface area contributed by atoms with Crippen molar-refractivity contribution in [2.24, 2.45) is 0 Å². The fourth-order valence-electron chi connectivity index (χ4n) is 2.10. The molecule has 0 spiro atoms. The summed E-state index contributed by atoms with van der Waals surface area (Å²) in [5.74, 6) is 0. The Balaban J connectivity index is 1.94. The van der Waals surface area contributed by atoms with E-state index in [-0.39, 0.29) is 0 Å². The molecule has 1 saturated carbocycles. The van der Waals surface area contributed by atoms with Crippen LogP contribution in [-0.2, 0) is 3.74 Å². The second kappa shape index (κ2) is 5.46. The van der Waals surface area contributed by atoms with Crippen molar-refractivity contribution in [3.8, 4) is 0 Å². The molecule has 0 saturated heterocycles. The minimum atomic E-state index is -0.872. The van der Waals surface area contributed by atoms with Gasteiger partial charge in [-0.3, -0.25) is 0 Å². The Bertz CT molecular complexity index is 317. The Morgan fingerprint density at radius 1 is 1.07 bits per heavy atom. The molecule has 2 nitrogen and oxygen atoms in total. The van der Waals surface area contributed by atoms with Crippen LogP contribution in [0.1, 0.15) is 32.1 Å². The first-order valence-electron chi connectivity index (χ1n) is 5.58. The van der Waals surface area contributed by atoms with Crippen LogP contribution in [0.5, 0.6) is 0 Å². The standard InChI is InChI=1S/C12H16AsNO/c15-13-10-6-8-12(9-7-10)14-11-4-2-1-3-5-11/h6-9,11,14H,1-5H2. The summed E-state index contributed by atoms with van der Waals surface area (Å²) in [6.07, 6.45) is 6.66. The third-order valence-corrected chi connectivity index (χ3v) is 4.02. The molecule has 0 amide bonds. The zero-order chi connectivity index (χ0) is 10.5. The van der Waals surface area contributed by atoms with Crippen molar-refractivity contribution >= 4 is 25.7 Å². The van der Waals surface area contributed by atoms with Crippen LogP contribution in [0.2, 0.25) is 0 Å². The molecule has 1 aliphatic rings. The number of anilines is 1. The van der Waals surface area contributed by atoms with Gasteiger partial charge in [0.25, 0.3) is 0 Å². The van der Waals surface area contributed by atoms with Gasteiger partial charge in [-0.1, -0.05) is 0 Å². The molecule has 0 atom stereocenters. The maximum atomic E-state index is 10.7. The van der Waals surface area contributed by atoms with Crippen LogP contribution in [0.4, 0.5) is 5.69 Å². The molecule has 0 aliphatic heterocycles. The minimum absolute atomic E-state index is 0.644. The van der Waals surface area contributed by atoms with E-state index in [2.05, 4.69) is 5.32 Å². The van der Waals surface area contributed by atoms with E-state index in [1.807, 2.05) is 24.3 Å². The van der Waals surface area contributed by atoms with Crippen molar-refractivity contribution in [1.29, 1.82) is 0 Å². The monoisotopic (exact) mass is 265 g/mol. The molecule has 2 rings (SSSR count). The number of nitrogens with one attached hydrogen (secondary N) is 1. The number of benzene rings is 1. The fraction of sp³-hybridized carbons (Fsp3) is 0.500. The van der Waals surface area contributed by atoms with Gasteiger partial charge in [-0.2, -0.15) is 0 Å². The molecule has 0 heterocycles. The van der Waals surface area contributed by atoms with Gasteiger partial charge in [0.15, 0.2) is 0 Å². The molecule has 1 aliphatic carbocycles. The molecule has 3 heteroatoms. The Hall–Kier alpha value is -0.622. The van der Waals surface area contributed by atoms with Gasteiger partial charge in [0, 0.05) is 0 Å². The van der Waals surface area contributed by atoms with Gasteiger partial charge < -0.3 is 0 Å². The molecule has 1 fully saturated rings. The summed E-state index contributed by atoms with van der Waals surface area (Å²) < 4.78 is 11.7. The zero-order valence-corrected chi connectivity index (χ0v) is 10.7. The van der Waals surface area contributed by atoms with E-state index in [0.717, 1.165) is 4.35 Å². The van der Waals surface area contributed by atoms with E-state index < -0.39 is 15.7 Å². The van der Waals surface area contributed by atoms with Crippen LogP contribution >= 0.6 is 0 Å². The summed E-state index contributed by atoms with van der Waals surface area (Å²) in [6, 6.07) is 8.63. The van der Waals surface area contributed by atoms with Gasteiger partial charge in [-0.15, -0.1) is 0 Å². The van der Waals surface area contributed by atoms with Crippen molar-refractivity contribution in [2.45, 2.75) is 38.1 Å². The number of hydrogen-bond acceptors (Lipinski definition) is 2. The third kappa shape index (κ3) is 3.17. The van der Waals surface area contributed by atoms with Crippen LogP contribution in [0.15, 0.2) is 24.3 Å². The summed E-state index contributed by atoms with van der Waals surface area (Å²) in [7, 11) is 0. The van der Waals surface area contributed by atoms with Crippen LogP contribution < -0.4 is 9.67 Å². The molecular weight excluding hydrogens is 249 g/mol. The second-order valence-electron chi connectivity index (χ2n) is 4.12. The average molecular weight is 265 g/mol. The van der Waals surface area contributed by atoms with Crippen molar-refractivity contribution in [2.75, 3.05) is 5.32 Å². The van der Waals surface area contributed by atoms with E-state index in [1.54, 1.807) is 0 Å². The first kappa shape index (κ1) is 10.9. The molecule has 1 aromatic carbocycles. The average Bonchev–Trinajstić information content (AvgIpc) is 2.31. The predicted molar refractivity (Wildman–Crippen MR) is 63.0 cm³/mol. The van der Waals surface area contributed by atoms with Crippen LogP contribution in [-0.4, -0.2) is 21.7 Å². The van der Waals surface area contributed by atoms with E-state index in [4.69, 9.17) is 0 Å². The third-order valence-electron chi connectivity index (χ3n) is 2.95. The molecule has 1 aromatic rings. The van der Waals surface area contributed by atoms with Gasteiger partial charge in [-0.25, -0.2) is 0 Å². The normalized spacial score (nSPS) is 17.9. The van der Waals surface area contributed by atoms with E-state index in [9.17, 15) is 3.74 Å². The molecule has 1 N–H and O–H groups in total. The summed E-state index contributed by atoms with van der Waals surface area (Å²) in [6.45, 7) is 0. The zero-order valence-electron chi connectivity index (χ0n) is 8.78. The molecule has 0 aromatic heterocycles. The molecule has 0 unspecified atom stereocenters. The molecular formula is C12H16AsNO. The van der Waals surface area contributed by atoms with Crippen LogP contribution in [0.3, 0.4) is 0 Å². The van der Waals surface area contributed by atoms with Crippen molar-refractivity contribution in [3.63, 3.8) is 0 Å². The quantitative estimate of drug-likeness (QED) is 0.848. The topological polar surface area (TPSA) is 29.1 Å². The Morgan fingerprint density at radius 2 is 1.73 bits per heavy atom. The van der Waals surface area contributed by atoms with Crippen molar-refractivity contribution < 1.29 is 3.74 Å². The summed E-state index contributed by atoms with van der Waals surface area (Å²) >= 11 is -0.872. The van der Waals surface area contributed by atoms with Crippen molar-refractivity contribution in [1.82, 2.24) is 0 Å². The Kier molecular flexibility index (Phi) is 3.96. The van der Waals surface area contributed by atoms with E-state index in [0.29, 0.717) is 6.04 Å².